The number of aromatic nitrogens is 3. The predicted octanol–water partition coefficient (Wildman–Crippen LogP) is 2.48. The molecule has 2 N–H and O–H groups in total. The fraction of sp³-hybridized carbons (Fsp3) is 0.357. The van der Waals surface area contributed by atoms with Gasteiger partial charge in [-0.1, -0.05) is 45.9 Å². The highest BCUT2D eigenvalue weighted by molar-refractivity contribution is 9.10. The normalized spacial score (nSPS) is 12.1. The molecule has 0 unspecified atom stereocenters. The van der Waals surface area contributed by atoms with Crippen LogP contribution in [0.15, 0.2) is 33.9 Å². The van der Waals surface area contributed by atoms with Crippen molar-refractivity contribution in [3.63, 3.8) is 0 Å². The first-order valence-corrected chi connectivity index (χ1v) is 8.39. The SMILES string of the molecule is COCCNC(=O)[C@@H](C)Sc1n[nH]c(-c2ccccc2Br)n1. The summed E-state index contributed by atoms with van der Waals surface area (Å²) < 4.78 is 5.84. The minimum atomic E-state index is -0.278. The molecule has 0 spiro atoms. The second kappa shape index (κ2) is 8.30. The van der Waals surface area contributed by atoms with E-state index in [0.29, 0.717) is 24.1 Å². The molecule has 0 saturated heterocycles. The van der Waals surface area contributed by atoms with Gasteiger partial charge in [0.15, 0.2) is 5.82 Å². The number of methoxy groups -OCH3 is 1. The third-order valence-corrected chi connectivity index (χ3v) is 4.50. The Balaban J connectivity index is 1.97. The molecule has 0 aliphatic rings. The van der Waals surface area contributed by atoms with Gasteiger partial charge in [0.05, 0.1) is 11.9 Å². The number of hydrogen-bond donors (Lipinski definition) is 2. The fourth-order valence-electron chi connectivity index (χ4n) is 1.70. The Kier molecular flexibility index (Phi) is 6.41. The smallest absolute Gasteiger partial charge is 0.233 e. The summed E-state index contributed by atoms with van der Waals surface area (Å²) in [5.74, 6) is 0.608. The van der Waals surface area contributed by atoms with E-state index < -0.39 is 0 Å². The number of ether oxygens (including phenoxy) is 1. The van der Waals surface area contributed by atoms with Gasteiger partial charge in [-0.15, -0.1) is 5.10 Å². The van der Waals surface area contributed by atoms with Gasteiger partial charge in [0.25, 0.3) is 0 Å². The van der Waals surface area contributed by atoms with E-state index >= 15 is 0 Å². The van der Waals surface area contributed by atoms with Crippen LogP contribution in [-0.2, 0) is 9.53 Å². The molecule has 22 heavy (non-hydrogen) atoms. The first kappa shape index (κ1) is 17.0. The van der Waals surface area contributed by atoms with Gasteiger partial charge in [-0.05, 0) is 13.0 Å². The van der Waals surface area contributed by atoms with Gasteiger partial charge >= 0.3 is 0 Å². The highest BCUT2D eigenvalue weighted by atomic mass is 79.9. The average Bonchev–Trinajstić information content (AvgIpc) is 2.96. The van der Waals surface area contributed by atoms with Gasteiger partial charge in [-0.2, -0.15) is 0 Å². The highest BCUT2D eigenvalue weighted by Gasteiger charge is 2.17. The zero-order chi connectivity index (χ0) is 15.9. The molecule has 0 radical (unpaired) electrons. The molecule has 0 bridgehead atoms. The lowest BCUT2D eigenvalue weighted by Crippen LogP contribution is -2.33. The maximum atomic E-state index is 11.9. The Morgan fingerprint density at radius 1 is 1.50 bits per heavy atom. The summed E-state index contributed by atoms with van der Waals surface area (Å²) in [6.07, 6.45) is 0. The molecule has 1 aromatic heterocycles. The summed E-state index contributed by atoms with van der Waals surface area (Å²) >= 11 is 4.79. The summed E-state index contributed by atoms with van der Waals surface area (Å²) in [7, 11) is 1.60. The van der Waals surface area contributed by atoms with Crippen LogP contribution in [0, 0.1) is 0 Å². The van der Waals surface area contributed by atoms with Gasteiger partial charge in [-0.3, -0.25) is 9.89 Å². The van der Waals surface area contributed by atoms with E-state index in [-0.39, 0.29) is 11.2 Å². The van der Waals surface area contributed by atoms with Crippen molar-refractivity contribution in [2.24, 2.45) is 0 Å². The summed E-state index contributed by atoms with van der Waals surface area (Å²) in [6, 6.07) is 7.75. The Hall–Kier alpha value is -1.38. The number of aromatic amines is 1. The largest absolute Gasteiger partial charge is 0.383 e. The molecule has 0 fully saturated rings. The molecule has 0 saturated carbocycles. The van der Waals surface area contributed by atoms with E-state index in [9.17, 15) is 4.79 Å². The number of amides is 1. The Morgan fingerprint density at radius 3 is 3.00 bits per heavy atom. The quantitative estimate of drug-likeness (QED) is 0.566. The number of nitrogens with zero attached hydrogens (tertiary/aromatic N) is 2. The van der Waals surface area contributed by atoms with Crippen LogP contribution in [0.3, 0.4) is 0 Å². The minimum Gasteiger partial charge on any atom is -0.383 e. The van der Waals surface area contributed by atoms with Crippen LogP contribution in [0.1, 0.15) is 6.92 Å². The van der Waals surface area contributed by atoms with Crippen LogP contribution in [0.5, 0.6) is 0 Å². The Labute approximate surface area is 141 Å². The van der Waals surface area contributed by atoms with Crippen molar-refractivity contribution in [1.82, 2.24) is 20.5 Å². The van der Waals surface area contributed by atoms with E-state index in [2.05, 4.69) is 36.4 Å². The fourth-order valence-corrected chi connectivity index (χ4v) is 2.93. The first-order chi connectivity index (χ1) is 10.6. The zero-order valence-electron chi connectivity index (χ0n) is 12.3. The maximum absolute atomic E-state index is 11.9. The first-order valence-electron chi connectivity index (χ1n) is 6.72. The summed E-state index contributed by atoms with van der Waals surface area (Å²) in [4.78, 5) is 16.3. The summed E-state index contributed by atoms with van der Waals surface area (Å²) in [5.41, 5.74) is 0.930. The van der Waals surface area contributed by atoms with Crippen LogP contribution in [0.4, 0.5) is 0 Å². The van der Waals surface area contributed by atoms with Crippen molar-refractivity contribution in [2.75, 3.05) is 20.3 Å². The van der Waals surface area contributed by atoms with E-state index in [1.165, 1.54) is 11.8 Å². The molecule has 0 aliphatic heterocycles. The second-order valence-corrected chi connectivity index (χ2v) is 6.65. The van der Waals surface area contributed by atoms with Crippen LogP contribution < -0.4 is 5.32 Å². The number of carbonyl (C=O) groups is 1. The van der Waals surface area contributed by atoms with E-state index in [1.807, 2.05) is 31.2 Å². The molecule has 2 aromatic rings. The van der Waals surface area contributed by atoms with Gasteiger partial charge in [0.2, 0.25) is 11.1 Å². The number of halogens is 1. The van der Waals surface area contributed by atoms with Crippen LogP contribution in [0.2, 0.25) is 0 Å². The lowest BCUT2D eigenvalue weighted by atomic mass is 10.2. The van der Waals surface area contributed by atoms with Crippen molar-refractivity contribution in [3.8, 4) is 11.4 Å². The van der Waals surface area contributed by atoms with Gasteiger partial charge in [-0.25, -0.2) is 4.98 Å². The van der Waals surface area contributed by atoms with E-state index in [1.54, 1.807) is 7.11 Å². The van der Waals surface area contributed by atoms with Gasteiger partial charge in [0, 0.05) is 23.7 Å². The number of benzene rings is 1. The number of H-pyrrole nitrogens is 1. The lowest BCUT2D eigenvalue weighted by molar-refractivity contribution is -0.120. The number of nitrogens with one attached hydrogen (secondary N) is 2. The molecular weight excluding hydrogens is 368 g/mol. The van der Waals surface area contributed by atoms with Crippen LogP contribution in [-0.4, -0.2) is 46.6 Å². The molecule has 2 rings (SSSR count). The second-order valence-electron chi connectivity index (χ2n) is 4.49. The molecule has 1 atom stereocenters. The Bertz CT molecular complexity index is 635. The van der Waals surface area contributed by atoms with Crippen molar-refractivity contribution in [1.29, 1.82) is 0 Å². The Morgan fingerprint density at radius 2 is 2.27 bits per heavy atom. The molecule has 118 valence electrons. The molecule has 1 heterocycles. The monoisotopic (exact) mass is 384 g/mol. The van der Waals surface area contributed by atoms with Crippen LogP contribution in [0.25, 0.3) is 11.4 Å². The third kappa shape index (κ3) is 4.56. The van der Waals surface area contributed by atoms with Gasteiger partial charge < -0.3 is 10.1 Å². The van der Waals surface area contributed by atoms with Crippen molar-refractivity contribution < 1.29 is 9.53 Å². The van der Waals surface area contributed by atoms with Crippen LogP contribution >= 0.6 is 27.7 Å². The molecule has 1 amide bonds. The van der Waals surface area contributed by atoms with E-state index in [4.69, 9.17) is 4.74 Å². The molecule has 1 aromatic carbocycles. The average molecular weight is 385 g/mol. The highest BCUT2D eigenvalue weighted by Crippen LogP contribution is 2.27. The summed E-state index contributed by atoms with van der Waals surface area (Å²) in [5, 5.41) is 10.1. The number of thioether (sulfide) groups is 1. The van der Waals surface area contributed by atoms with Gasteiger partial charge in [0.1, 0.15) is 0 Å². The van der Waals surface area contributed by atoms with Crippen molar-refractivity contribution in [3.05, 3.63) is 28.7 Å². The number of hydrogen-bond acceptors (Lipinski definition) is 5. The number of rotatable bonds is 7. The topological polar surface area (TPSA) is 79.9 Å². The van der Waals surface area contributed by atoms with Crippen molar-refractivity contribution in [2.45, 2.75) is 17.3 Å². The molecule has 0 aliphatic carbocycles. The summed E-state index contributed by atoms with van der Waals surface area (Å²) in [6.45, 7) is 2.81. The minimum absolute atomic E-state index is 0.0608. The maximum Gasteiger partial charge on any atom is 0.233 e. The predicted molar refractivity (Wildman–Crippen MR) is 89.7 cm³/mol. The standard InChI is InChI=1S/C14H17BrN4O2S/c1-9(13(20)16-7-8-21-2)22-14-17-12(18-19-14)10-5-3-4-6-11(10)15/h3-6,9H,7-8H2,1-2H3,(H,16,20)(H,17,18,19)/t9-/m1/s1. The third-order valence-electron chi connectivity index (χ3n) is 2.85. The molecule has 8 heteroatoms. The van der Waals surface area contributed by atoms with Crippen molar-refractivity contribution >= 4 is 33.6 Å². The molecule has 6 nitrogen and oxygen atoms in total. The zero-order valence-corrected chi connectivity index (χ0v) is 14.7. The number of carbonyl (C=O) groups excluding carboxylic acids is 1. The lowest BCUT2D eigenvalue weighted by Gasteiger charge is -2.09. The van der Waals surface area contributed by atoms with E-state index in [0.717, 1.165) is 10.0 Å². The molecular formula is C14H17BrN4O2S.